The standard InChI is InChI=1S/C19H25NO/c1-4-21-18-11-9-17(10-12-18)19(20-3)13-8-16-7-5-6-15(2)14-16/h5-7,9-12,14,19-20H,4,8,13H2,1-3H3. The zero-order chi connectivity index (χ0) is 15.1. The molecule has 1 unspecified atom stereocenters. The first-order valence-corrected chi connectivity index (χ1v) is 7.68. The molecule has 0 heterocycles. The Hall–Kier alpha value is -1.80. The third kappa shape index (κ3) is 4.61. The van der Waals surface area contributed by atoms with Crippen molar-refractivity contribution in [3.63, 3.8) is 0 Å². The van der Waals surface area contributed by atoms with Gasteiger partial charge in [0.05, 0.1) is 6.61 Å². The van der Waals surface area contributed by atoms with E-state index in [1.54, 1.807) is 0 Å². The van der Waals surface area contributed by atoms with Gasteiger partial charge in [0.2, 0.25) is 0 Å². The van der Waals surface area contributed by atoms with Gasteiger partial charge in [0.15, 0.2) is 0 Å². The minimum atomic E-state index is 0.376. The Morgan fingerprint density at radius 3 is 2.48 bits per heavy atom. The topological polar surface area (TPSA) is 21.3 Å². The normalized spacial score (nSPS) is 12.1. The quantitative estimate of drug-likeness (QED) is 0.818. The van der Waals surface area contributed by atoms with Crippen LogP contribution in [-0.4, -0.2) is 13.7 Å². The molecule has 0 saturated heterocycles. The molecule has 2 rings (SSSR count). The zero-order valence-electron chi connectivity index (χ0n) is 13.2. The molecule has 0 amide bonds. The molecule has 1 atom stereocenters. The van der Waals surface area contributed by atoms with Gasteiger partial charge >= 0.3 is 0 Å². The SMILES string of the molecule is CCOc1ccc(C(CCc2cccc(C)c2)NC)cc1. The van der Waals surface area contributed by atoms with Crippen LogP contribution < -0.4 is 10.1 Å². The molecule has 0 fully saturated rings. The first-order chi connectivity index (χ1) is 10.2. The van der Waals surface area contributed by atoms with Crippen LogP contribution in [0.3, 0.4) is 0 Å². The van der Waals surface area contributed by atoms with Crippen molar-refractivity contribution >= 4 is 0 Å². The van der Waals surface area contributed by atoms with Crippen LogP contribution in [0.15, 0.2) is 48.5 Å². The van der Waals surface area contributed by atoms with Crippen LogP contribution in [-0.2, 0) is 6.42 Å². The molecule has 0 aliphatic carbocycles. The lowest BCUT2D eigenvalue weighted by Crippen LogP contribution is -2.17. The van der Waals surface area contributed by atoms with E-state index in [1.165, 1.54) is 16.7 Å². The van der Waals surface area contributed by atoms with E-state index in [4.69, 9.17) is 4.74 Å². The highest BCUT2D eigenvalue weighted by Crippen LogP contribution is 2.22. The number of ether oxygens (including phenoxy) is 1. The van der Waals surface area contributed by atoms with E-state index < -0.39 is 0 Å². The van der Waals surface area contributed by atoms with Gasteiger partial charge in [0, 0.05) is 6.04 Å². The maximum atomic E-state index is 5.50. The Balaban J connectivity index is 1.99. The summed E-state index contributed by atoms with van der Waals surface area (Å²) in [5.74, 6) is 0.940. The average molecular weight is 283 g/mol. The Bertz CT molecular complexity index is 548. The van der Waals surface area contributed by atoms with E-state index in [1.807, 2.05) is 14.0 Å². The summed E-state index contributed by atoms with van der Waals surface area (Å²) in [4.78, 5) is 0. The number of benzene rings is 2. The van der Waals surface area contributed by atoms with Gasteiger partial charge < -0.3 is 10.1 Å². The van der Waals surface area contributed by atoms with Crippen molar-refractivity contribution in [2.45, 2.75) is 32.7 Å². The zero-order valence-corrected chi connectivity index (χ0v) is 13.2. The van der Waals surface area contributed by atoms with Crippen molar-refractivity contribution in [1.82, 2.24) is 5.32 Å². The van der Waals surface area contributed by atoms with Crippen LogP contribution in [0.2, 0.25) is 0 Å². The smallest absolute Gasteiger partial charge is 0.119 e. The monoisotopic (exact) mass is 283 g/mol. The molecule has 0 aliphatic heterocycles. The highest BCUT2D eigenvalue weighted by atomic mass is 16.5. The maximum absolute atomic E-state index is 5.50. The van der Waals surface area contributed by atoms with Crippen LogP contribution in [0.5, 0.6) is 5.75 Å². The van der Waals surface area contributed by atoms with E-state index in [0.717, 1.165) is 18.6 Å². The first-order valence-electron chi connectivity index (χ1n) is 7.68. The molecule has 0 saturated carbocycles. The third-order valence-electron chi connectivity index (χ3n) is 3.75. The predicted octanol–water partition coefficient (Wildman–Crippen LogP) is 4.29. The number of aryl methyl sites for hydroxylation is 2. The Morgan fingerprint density at radius 1 is 1.10 bits per heavy atom. The van der Waals surface area contributed by atoms with Gasteiger partial charge in [-0.2, -0.15) is 0 Å². The molecule has 112 valence electrons. The fourth-order valence-corrected chi connectivity index (χ4v) is 2.62. The number of rotatable bonds is 7. The highest BCUT2D eigenvalue weighted by Gasteiger charge is 2.09. The van der Waals surface area contributed by atoms with Crippen molar-refractivity contribution in [1.29, 1.82) is 0 Å². The molecule has 0 spiro atoms. The predicted molar refractivity (Wildman–Crippen MR) is 88.9 cm³/mol. The van der Waals surface area contributed by atoms with Gasteiger partial charge in [-0.15, -0.1) is 0 Å². The molecular weight excluding hydrogens is 258 g/mol. The molecular formula is C19H25NO. The fraction of sp³-hybridized carbons (Fsp3) is 0.368. The maximum Gasteiger partial charge on any atom is 0.119 e. The minimum Gasteiger partial charge on any atom is -0.494 e. The summed E-state index contributed by atoms with van der Waals surface area (Å²) in [7, 11) is 2.03. The largest absolute Gasteiger partial charge is 0.494 e. The summed E-state index contributed by atoms with van der Waals surface area (Å²) in [6.45, 7) is 4.86. The molecule has 2 aromatic rings. The molecule has 0 aromatic heterocycles. The van der Waals surface area contributed by atoms with E-state index in [-0.39, 0.29) is 0 Å². The van der Waals surface area contributed by atoms with Gasteiger partial charge in [-0.1, -0.05) is 42.0 Å². The van der Waals surface area contributed by atoms with Gasteiger partial charge in [-0.3, -0.25) is 0 Å². The third-order valence-corrected chi connectivity index (χ3v) is 3.75. The van der Waals surface area contributed by atoms with E-state index in [2.05, 4.69) is 60.8 Å². The Morgan fingerprint density at radius 2 is 1.86 bits per heavy atom. The summed E-state index contributed by atoms with van der Waals surface area (Å²) >= 11 is 0. The summed E-state index contributed by atoms with van der Waals surface area (Å²) in [5.41, 5.74) is 4.05. The van der Waals surface area contributed by atoms with E-state index >= 15 is 0 Å². The molecule has 0 radical (unpaired) electrons. The minimum absolute atomic E-state index is 0.376. The summed E-state index contributed by atoms with van der Waals surface area (Å²) in [5, 5.41) is 3.41. The van der Waals surface area contributed by atoms with Crippen molar-refractivity contribution in [3.8, 4) is 5.75 Å². The molecule has 2 aromatic carbocycles. The molecule has 1 N–H and O–H groups in total. The van der Waals surface area contributed by atoms with Crippen LogP contribution in [0.25, 0.3) is 0 Å². The highest BCUT2D eigenvalue weighted by molar-refractivity contribution is 5.29. The molecule has 21 heavy (non-hydrogen) atoms. The van der Waals surface area contributed by atoms with Crippen LogP contribution in [0, 0.1) is 6.92 Å². The lowest BCUT2D eigenvalue weighted by atomic mass is 9.98. The van der Waals surface area contributed by atoms with Crippen LogP contribution in [0.4, 0.5) is 0 Å². The summed E-state index contributed by atoms with van der Waals surface area (Å²) in [6.07, 6.45) is 2.17. The van der Waals surface area contributed by atoms with Crippen molar-refractivity contribution in [2.24, 2.45) is 0 Å². The van der Waals surface area contributed by atoms with Gasteiger partial charge in [0.25, 0.3) is 0 Å². The van der Waals surface area contributed by atoms with Crippen LogP contribution >= 0.6 is 0 Å². The van der Waals surface area contributed by atoms with Gasteiger partial charge in [-0.25, -0.2) is 0 Å². The van der Waals surface area contributed by atoms with Crippen molar-refractivity contribution < 1.29 is 4.74 Å². The van der Waals surface area contributed by atoms with Crippen molar-refractivity contribution in [3.05, 3.63) is 65.2 Å². The van der Waals surface area contributed by atoms with Crippen LogP contribution in [0.1, 0.15) is 36.1 Å². The molecule has 0 aliphatic rings. The molecule has 2 heteroatoms. The summed E-state index contributed by atoms with van der Waals surface area (Å²) in [6, 6.07) is 17.5. The number of hydrogen-bond acceptors (Lipinski definition) is 2. The lowest BCUT2D eigenvalue weighted by molar-refractivity contribution is 0.340. The number of nitrogens with one attached hydrogen (secondary N) is 1. The fourth-order valence-electron chi connectivity index (χ4n) is 2.62. The second-order valence-corrected chi connectivity index (χ2v) is 5.37. The molecule has 2 nitrogen and oxygen atoms in total. The Labute approximate surface area is 128 Å². The first kappa shape index (κ1) is 15.6. The number of hydrogen-bond donors (Lipinski definition) is 1. The van der Waals surface area contributed by atoms with Crippen molar-refractivity contribution in [2.75, 3.05) is 13.7 Å². The van der Waals surface area contributed by atoms with Gasteiger partial charge in [-0.05, 0) is 57.0 Å². The summed E-state index contributed by atoms with van der Waals surface area (Å²) < 4.78 is 5.50. The average Bonchev–Trinajstić information content (AvgIpc) is 2.50. The van der Waals surface area contributed by atoms with E-state index in [9.17, 15) is 0 Å². The Kier molecular flexibility index (Phi) is 5.82. The molecule has 0 bridgehead atoms. The van der Waals surface area contributed by atoms with E-state index in [0.29, 0.717) is 12.6 Å². The van der Waals surface area contributed by atoms with Gasteiger partial charge in [0.1, 0.15) is 5.75 Å². The lowest BCUT2D eigenvalue weighted by Gasteiger charge is -2.17. The second kappa shape index (κ2) is 7.84. The second-order valence-electron chi connectivity index (χ2n) is 5.37.